The molecule has 1 unspecified atom stereocenters. The molecule has 0 aromatic heterocycles. The molecule has 1 aromatic rings. The van der Waals surface area contributed by atoms with Gasteiger partial charge < -0.3 is 10.8 Å². The lowest BCUT2D eigenvalue weighted by Crippen LogP contribution is -2.42. The zero-order valence-electron chi connectivity index (χ0n) is 9.86. The van der Waals surface area contributed by atoms with Crippen LogP contribution in [-0.2, 0) is 0 Å². The minimum Gasteiger partial charge on any atom is -0.394 e. The van der Waals surface area contributed by atoms with Gasteiger partial charge in [-0.3, -0.25) is 0 Å². The minimum atomic E-state index is -0.378. The molecule has 0 spiro atoms. The van der Waals surface area contributed by atoms with Crippen LogP contribution in [0.4, 0.5) is 0 Å². The van der Waals surface area contributed by atoms with Gasteiger partial charge in [-0.05, 0) is 37.1 Å². The molecule has 16 heavy (non-hydrogen) atoms. The molecule has 0 fully saturated rings. The van der Waals surface area contributed by atoms with E-state index in [0.717, 1.165) is 25.0 Å². The predicted molar refractivity (Wildman–Crippen MR) is 70.7 cm³/mol. The van der Waals surface area contributed by atoms with Crippen molar-refractivity contribution < 1.29 is 5.11 Å². The van der Waals surface area contributed by atoms with Crippen molar-refractivity contribution in [1.29, 1.82) is 0 Å². The van der Waals surface area contributed by atoms with Gasteiger partial charge in [-0.25, -0.2) is 0 Å². The van der Waals surface area contributed by atoms with Gasteiger partial charge in [0.25, 0.3) is 0 Å². The SMILES string of the molecule is CCC(N)(CO)CCCSc1ccccc1. The van der Waals surface area contributed by atoms with Crippen molar-refractivity contribution >= 4 is 11.8 Å². The van der Waals surface area contributed by atoms with E-state index in [1.807, 2.05) is 24.8 Å². The number of nitrogens with two attached hydrogens (primary N) is 1. The lowest BCUT2D eigenvalue weighted by molar-refractivity contribution is 0.182. The summed E-state index contributed by atoms with van der Waals surface area (Å²) in [5, 5.41) is 9.17. The summed E-state index contributed by atoms with van der Waals surface area (Å²) >= 11 is 1.84. The van der Waals surface area contributed by atoms with Crippen molar-refractivity contribution in [3.05, 3.63) is 30.3 Å². The van der Waals surface area contributed by atoms with E-state index in [9.17, 15) is 0 Å². The number of hydrogen-bond acceptors (Lipinski definition) is 3. The van der Waals surface area contributed by atoms with Crippen LogP contribution in [0.3, 0.4) is 0 Å². The molecule has 0 aliphatic rings. The van der Waals surface area contributed by atoms with Gasteiger partial charge in [-0.2, -0.15) is 0 Å². The molecule has 0 bridgehead atoms. The van der Waals surface area contributed by atoms with Gasteiger partial charge in [0.1, 0.15) is 0 Å². The van der Waals surface area contributed by atoms with Gasteiger partial charge in [0.2, 0.25) is 0 Å². The summed E-state index contributed by atoms with van der Waals surface area (Å²) in [4.78, 5) is 1.30. The monoisotopic (exact) mass is 239 g/mol. The highest BCUT2D eigenvalue weighted by Gasteiger charge is 2.20. The van der Waals surface area contributed by atoms with Crippen molar-refractivity contribution in [1.82, 2.24) is 0 Å². The molecule has 0 aliphatic carbocycles. The van der Waals surface area contributed by atoms with Crippen LogP contribution in [0, 0.1) is 0 Å². The lowest BCUT2D eigenvalue weighted by atomic mass is 9.93. The Labute approximate surface area is 102 Å². The molecule has 0 aliphatic heterocycles. The van der Waals surface area contributed by atoms with E-state index in [0.29, 0.717) is 0 Å². The summed E-state index contributed by atoms with van der Waals surface area (Å²) in [6.45, 7) is 2.11. The first-order chi connectivity index (χ1) is 7.70. The van der Waals surface area contributed by atoms with E-state index in [1.165, 1.54) is 4.90 Å². The van der Waals surface area contributed by atoms with Gasteiger partial charge in [-0.1, -0.05) is 25.1 Å². The van der Waals surface area contributed by atoms with Crippen LogP contribution >= 0.6 is 11.8 Å². The average Bonchev–Trinajstić information content (AvgIpc) is 2.36. The number of aliphatic hydroxyl groups is 1. The Balaban J connectivity index is 2.22. The highest BCUT2D eigenvalue weighted by Crippen LogP contribution is 2.21. The zero-order chi connectivity index (χ0) is 11.9. The van der Waals surface area contributed by atoms with Crippen LogP contribution < -0.4 is 5.73 Å². The Morgan fingerprint density at radius 2 is 2.00 bits per heavy atom. The smallest absolute Gasteiger partial charge is 0.0611 e. The first-order valence-electron chi connectivity index (χ1n) is 5.78. The van der Waals surface area contributed by atoms with Gasteiger partial charge in [0.15, 0.2) is 0 Å². The van der Waals surface area contributed by atoms with Crippen molar-refractivity contribution in [2.45, 2.75) is 36.6 Å². The van der Waals surface area contributed by atoms with E-state index < -0.39 is 0 Å². The van der Waals surface area contributed by atoms with E-state index in [-0.39, 0.29) is 12.1 Å². The van der Waals surface area contributed by atoms with Gasteiger partial charge in [0.05, 0.1) is 6.61 Å². The Morgan fingerprint density at radius 3 is 2.56 bits per heavy atom. The molecule has 0 heterocycles. The summed E-state index contributed by atoms with van der Waals surface area (Å²) in [5.74, 6) is 1.06. The highest BCUT2D eigenvalue weighted by atomic mass is 32.2. The fraction of sp³-hybridized carbons (Fsp3) is 0.538. The lowest BCUT2D eigenvalue weighted by Gasteiger charge is -2.25. The summed E-state index contributed by atoms with van der Waals surface area (Å²) < 4.78 is 0. The molecular weight excluding hydrogens is 218 g/mol. The second-order valence-electron chi connectivity index (χ2n) is 4.14. The second kappa shape index (κ2) is 6.94. The standard InChI is InChI=1S/C13H21NOS/c1-2-13(14,11-15)9-6-10-16-12-7-4-3-5-8-12/h3-5,7-8,15H,2,6,9-11,14H2,1H3. The molecule has 0 saturated carbocycles. The van der Waals surface area contributed by atoms with Gasteiger partial charge in [-0.15, -0.1) is 11.8 Å². The third-order valence-electron chi connectivity index (χ3n) is 2.85. The van der Waals surface area contributed by atoms with Gasteiger partial charge in [0, 0.05) is 10.4 Å². The fourth-order valence-electron chi connectivity index (χ4n) is 1.50. The first-order valence-corrected chi connectivity index (χ1v) is 6.76. The Bertz CT molecular complexity index is 285. The topological polar surface area (TPSA) is 46.2 Å². The van der Waals surface area contributed by atoms with Crippen molar-refractivity contribution in [2.75, 3.05) is 12.4 Å². The van der Waals surface area contributed by atoms with E-state index in [4.69, 9.17) is 10.8 Å². The zero-order valence-corrected chi connectivity index (χ0v) is 10.7. The minimum absolute atomic E-state index is 0.0828. The van der Waals surface area contributed by atoms with Crippen LogP contribution in [0.25, 0.3) is 0 Å². The van der Waals surface area contributed by atoms with Crippen LogP contribution in [-0.4, -0.2) is 23.0 Å². The van der Waals surface area contributed by atoms with E-state index in [2.05, 4.69) is 24.3 Å². The number of benzene rings is 1. The number of rotatable bonds is 7. The molecule has 1 rings (SSSR count). The first kappa shape index (κ1) is 13.6. The summed E-state index contributed by atoms with van der Waals surface area (Å²) in [6, 6.07) is 10.4. The molecule has 3 N–H and O–H groups in total. The van der Waals surface area contributed by atoms with Crippen LogP contribution in [0.2, 0.25) is 0 Å². The maximum atomic E-state index is 9.17. The molecule has 0 saturated heterocycles. The van der Waals surface area contributed by atoms with Gasteiger partial charge >= 0.3 is 0 Å². The van der Waals surface area contributed by atoms with E-state index >= 15 is 0 Å². The Hall–Kier alpha value is -0.510. The third-order valence-corrected chi connectivity index (χ3v) is 3.95. The van der Waals surface area contributed by atoms with Crippen LogP contribution in [0.5, 0.6) is 0 Å². The molecule has 1 atom stereocenters. The number of hydrogen-bond donors (Lipinski definition) is 2. The number of aliphatic hydroxyl groups excluding tert-OH is 1. The molecule has 3 heteroatoms. The molecule has 0 amide bonds. The Morgan fingerprint density at radius 1 is 1.31 bits per heavy atom. The molecule has 0 radical (unpaired) electrons. The fourth-order valence-corrected chi connectivity index (χ4v) is 2.37. The quantitative estimate of drug-likeness (QED) is 0.568. The van der Waals surface area contributed by atoms with E-state index in [1.54, 1.807) is 0 Å². The van der Waals surface area contributed by atoms with Crippen molar-refractivity contribution in [3.63, 3.8) is 0 Å². The largest absolute Gasteiger partial charge is 0.394 e. The third kappa shape index (κ3) is 4.56. The maximum Gasteiger partial charge on any atom is 0.0611 e. The van der Waals surface area contributed by atoms with Crippen molar-refractivity contribution in [3.8, 4) is 0 Å². The molecular formula is C13H21NOS. The average molecular weight is 239 g/mol. The van der Waals surface area contributed by atoms with Crippen LogP contribution in [0.15, 0.2) is 35.2 Å². The summed E-state index contributed by atoms with van der Waals surface area (Å²) in [7, 11) is 0. The maximum absolute atomic E-state index is 9.17. The molecule has 90 valence electrons. The summed E-state index contributed by atoms with van der Waals surface area (Å²) in [5.41, 5.74) is 5.64. The number of thioether (sulfide) groups is 1. The normalized spacial score (nSPS) is 14.7. The second-order valence-corrected chi connectivity index (χ2v) is 5.31. The highest BCUT2D eigenvalue weighted by molar-refractivity contribution is 7.99. The molecule has 1 aromatic carbocycles. The molecule has 2 nitrogen and oxygen atoms in total. The van der Waals surface area contributed by atoms with Crippen LogP contribution in [0.1, 0.15) is 26.2 Å². The predicted octanol–water partition coefficient (Wildman–Crippen LogP) is 2.66. The van der Waals surface area contributed by atoms with Crippen molar-refractivity contribution in [2.24, 2.45) is 5.73 Å². The summed E-state index contributed by atoms with van der Waals surface area (Å²) in [6.07, 6.45) is 2.77. The Kier molecular flexibility index (Phi) is 5.88.